The van der Waals surface area contributed by atoms with E-state index >= 15 is 0 Å². The minimum atomic E-state index is -0.534. The molecule has 0 saturated carbocycles. The van der Waals surface area contributed by atoms with Crippen LogP contribution in [0, 0.1) is 6.92 Å². The predicted molar refractivity (Wildman–Crippen MR) is 59.6 cm³/mol. The standard InChI is InChI=1S/C13H14O3/c1-9-3-5-11(6-4-9)8-15-12-7-10(2)13(14)16-12/h3-7,12H,8H2,1-2H3. The number of carbonyl (C=O) groups excluding carboxylic acids is 1. The van der Waals surface area contributed by atoms with Gasteiger partial charge in [0.1, 0.15) is 0 Å². The summed E-state index contributed by atoms with van der Waals surface area (Å²) in [6.45, 7) is 4.20. The van der Waals surface area contributed by atoms with Crippen LogP contribution in [-0.2, 0) is 20.9 Å². The molecular weight excluding hydrogens is 204 g/mol. The van der Waals surface area contributed by atoms with Gasteiger partial charge in [0.2, 0.25) is 6.29 Å². The molecule has 84 valence electrons. The molecule has 0 aliphatic carbocycles. The number of carbonyl (C=O) groups is 1. The topological polar surface area (TPSA) is 35.5 Å². The second kappa shape index (κ2) is 4.49. The first kappa shape index (κ1) is 10.9. The second-order valence-electron chi connectivity index (χ2n) is 3.92. The Morgan fingerprint density at radius 2 is 1.94 bits per heavy atom. The van der Waals surface area contributed by atoms with Gasteiger partial charge in [0.25, 0.3) is 0 Å². The summed E-state index contributed by atoms with van der Waals surface area (Å²) >= 11 is 0. The van der Waals surface area contributed by atoms with Crippen molar-refractivity contribution in [1.29, 1.82) is 0 Å². The molecule has 0 amide bonds. The summed E-state index contributed by atoms with van der Waals surface area (Å²) in [6, 6.07) is 8.06. The molecule has 3 heteroatoms. The molecule has 0 spiro atoms. The van der Waals surface area contributed by atoms with Crippen LogP contribution in [-0.4, -0.2) is 12.3 Å². The van der Waals surface area contributed by atoms with E-state index < -0.39 is 6.29 Å². The first-order chi connectivity index (χ1) is 7.65. The number of ether oxygens (including phenoxy) is 2. The van der Waals surface area contributed by atoms with Crippen molar-refractivity contribution >= 4 is 5.97 Å². The molecule has 0 fully saturated rings. The Bertz CT molecular complexity index is 417. The number of hydrogen-bond donors (Lipinski definition) is 0. The Kier molecular flexibility index (Phi) is 3.06. The van der Waals surface area contributed by atoms with Gasteiger partial charge in [-0.2, -0.15) is 0 Å². The Morgan fingerprint density at radius 1 is 1.25 bits per heavy atom. The molecule has 1 aromatic rings. The summed E-state index contributed by atoms with van der Waals surface area (Å²) in [4.78, 5) is 11.1. The zero-order valence-electron chi connectivity index (χ0n) is 9.40. The lowest BCUT2D eigenvalue weighted by Crippen LogP contribution is -2.12. The fourth-order valence-electron chi connectivity index (χ4n) is 1.45. The summed E-state index contributed by atoms with van der Waals surface area (Å²) in [5.41, 5.74) is 2.89. The molecule has 3 nitrogen and oxygen atoms in total. The van der Waals surface area contributed by atoms with E-state index in [-0.39, 0.29) is 5.97 Å². The van der Waals surface area contributed by atoms with Gasteiger partial charge >= 0.3 is 5.97 Å². The van der Waals surface area contributed by atoms with Crippen molar-refractivity contribution in [2.24, 2.45) is 0 Å². The SMILES string of the molecule is CC1=CC(OCc2ccc(C)cc2)OC1=O. The highest BCUT2D eigenvalue weighted by atomic mass is 16.7. The van der Waals surface area contributed by atoms with Crippen LogP contribution in [0.15, 0.2) is 35.9 Å². The van der Waals surface area contributed by atoms with E-state index in [2.05, 4.69) is 0 Å². The minimum absolute atomic E-state index is 0.297. The molecule has 1 aliphatic heterocycles. The average Bonchev–Trinajstić information content (AvgIpc) is 2.58. The van der Waals surface area contributed by atoms with Crippen LogP contribution >= 0.6 is 0 Å². The largest absolute Gasteiger partial charge is 0.429 e. The molecular formula is C13H14O3. The van der Waals surface area contributed by atoms with E-state index in [9.17, 15) is 4.79 Å². The zero-order valence-corrected chi connectivity index (χ0v) is 9.40. The van der Waals surface area contributed by atoms with Crippen molar-refractivity contribution in [3.63, 3.8) is 0 Å². The Morgan fingerprint density at radius 3 is 2.50 bits per heavy atom. The minimum Gasteiger partial charge on any atom is -0.429 e. The van der Waals surface area contributed by atoms with Crippen LogP contribution < -0.4 is 0 Å². The van der Waals surface area contributed by atoms with Gasteiger partial charge in [0, 0.05) is 5.57 Å². The highest BCUT2D eigenvalue weighted by Crippen LogP contribution is 2.15. The second-order valence-corrected chi connectivity index (χ2v) is 3.92. The quantitative estimate of drug-likeness (QED) is 0.730. The first-order valence-electron chi connectivity index (χ1n) is 5.22. The van der Waals surface area contributed by atoms with Crippen LogP contribution in [0.3, 0.4) is 0 Å². The van der Waals surface area contributed by atoms with E-state index in [0.29, 0.717) is 12.2 Å². The van der Waals surface area contributed by atoms with Crippen LogP contribution in [0.5, 0.6) is 0 Å². The van der Waals surface area contributed by atoms with Crippen molar-refractivity contribution < 1.29 is 14.3 Å². The molecule has 0 N–H and O–H groups in total. The van der Waals surface area contributed by atoms with Gasteiger partial charge in [-0.05, 0) is 25.5 Å². The number of benzene rings is 1. The maximum atomic E-state index is 11.1. The van der Waals surface area contributed by atoms with E-state index in [1.54, 1.807) is 13.0 Å². The van der Waals surface area contributed by atoms with Crippen LogP contribution in [0.1, 0.15) is 18.1 Å². The van der Waals surface area contributed by atoms with Crippen LogP contribution in [0.2, 0.25) is 0 Å². The Labute approximate surface area is 94.7 Å². The van der Waals surface area contributed by atoms with Gasteiger partial charge in [0.05, 0.1) is 6.61 Å². The van der Waals surface area contributed by atoms with E-state index in [0.717, 1.165) is 5.56 Å². The lowest BCUT2D eigenvalue weighted by molar-refractivity contribution is -0.160. The van der Waals surface area contributed by atoms with Crippen LogP contribution in [0.25, 0.3) is 0 Å². The highest BCUT2D eigenvalue weighted by molar-refractivity contribution is 5.89. The Hall–Kier alpha value is -1.61. The molecule has 1 heterocycles. The van der Waals surface area contributed by atoms with Gasteiger partial charge in [-0.25, -0.2) is 4.79 Å². The van der Waals surface area contributed by atoms with Gasteiger partial charge in [-0.1, -0.05) is 29.8 Å². The molecule has 1 unspecified atom stereocenters. The van der Waals surface area contributed by atoms with Crippen molar-refractivity contribution in [3.8, 4) is 0 Å². The zero-order chi connectivity index (χ0) is 11.5. The van der Waals surface area contributed by atoms with E-state index in [4.69, 9.17) is 9.47 Å². The van der Waals surface area contributed by atoms with Crippen molar-refractivity contribution in [2.45, 2.75) is 26.7 Å². The third-order valence-corrected chi connectivity index (χ3v) is 2.47. The first-order valence-corrected chi connectivity index (χ1v) is 5.22. The van der Waals surface area contributed by atoms with Crippen LogP contribution in [0.4, 0.5) is 0 Å². The molecule has 0 bridgehead atoms. The lowest BCUT2D eigenvalue weighted by Gasteiger charge is -2.09. The maximum absolute atomic E-state index is 11.1. The number of rotatable bonds is 3. The fraction of sp³-hybridized carbons (Fsp3) is 0.308. The molecule has 0 saturated heterocycles. The van der Waals surface area contributed by atoms with Crippen molar-refractivity contribution in [1.82, 2.24) is 0 Å². The third kappa shape index (κ3) is 2.49. The number of hydrogen-bond acceptors (Lipinski definition) is 3. The van der Waals surface area contributed by atoms with E-state index in [1.165, 1.54) is 5.56 Å². The number of aryl methyl sites for hydroxylation is 1. The number of cyclic esters (lactones) is 1. The monoisotopic (exact) mass is 218 g/mol. The van der Waals surface area contributed by atoms with Crippen molar-refractivity contribution in [2.75, 3.05) is 0 Å². The molecule has 1 aromatic carbocycles. The molecule has 1 aliphatic rings. The summed E-state index contributed by atoms with van der Waals surface area (Å²) in [7, 11) is 0. The average molecular weight is 218 g/mol. The fourth-order valence-corrected chi connectivity index (χ4v) is 1.45. The maximum Gasteiger partial charge on any atom is 0.336 e. The summed E-state index contributed by atoms with van der Waals surface area (Å²) in [6.07, 6.45) is 1.16. The Balaban J connectivity index is 1.89. The normalized spacial score (nSPS) is 19.5. The molecule has 16 heavy (non-hydrogen) atoms. The molecule has 2 rings (SSSR count). The summed E-state index contributed by atoms with van der Waals surface area (Å²) < 4.78 is 10.4. The number of esters is 1. The smallest absolute Gasteiger partial charge is 0.336 e. The van der Waals surface area contributed by atoms with Gasteiger partial charge in [-0.3, -0.25) is 0 Å². The summed E-state index contributed by atoms with van der Waals surface area (Å²) in [5.74, 6) is -0.297. The predicted octanol–water partition coefficient (Wildman–Crippen LogP) is 2.34. The van der Waals surface area contributed by atoms with Crippen molar-refractivity contribution in [3.05, 3.63) is 47.0 Å². The lowest BCUT2D eigenvalue weighted by atomic mass is 10.2. The highest BCUT2D eigenvalue weighted by Gasteiger charge is 2.22. The van der Waals surface area contributed by atoms with E-state index in [1.807, 2.05) is 31.2 Å². The summed E-state index contributed by atoms with van der Waals surface area (Å²) in [5, 5.41) is 0. The van der Waals surface area contributed by atoms with Gasteiger partial charge in [0.15, 0.2) is 0 Å². The molecule has 0 aromatic heterocycles. The third-order valence-electron chi connectivity index (χ3n) is 2.47. The molecule has 0 radical (unpaired) electrons. The van der Waals surface area contributed by atoms with Gasteiger partial charge in [-0.15, -0.1) is 0 Å². The van der Waals surface area contributed by atoms with Gasteiger partial charge < -0.3 is 9.47 Å². The molecule has 1 atom stereocenters.